The molecule has 35 heavy (non-hydrogen) atoms. The lowest BCUT2D eigenvalue weighted by molar-refractivity contribution is -0.140. The first-order chi connectivity index (χ1) is 16.4. The van der Waals surface area contributed by atoms with Gasteiger partial charge in [-0.2, -0.15) is 13.2 Å². The van der Waals surface area contributed by atoms with E-state index in [1.807, 2.05) is 24.1 Å². The molecule has 4 nitrogen and oxygen atoms in total. The van der Waals surface area contributed by atoms with Gasteiger partial charge in [0.25, 0.3) is 0 Å². The highest BCUT2D eigenvalue weighted by molar-refractivity contribution is 6.42. The number of methoxy groups -OCH3 is 1. The quantitative estimate of drug-likeness (QED) is 0.349. The topological polar surface area (TPSA) is 32.8 Å². The Hall–Kier alpha value is -1.71. The molecule has 0 bridgehead atoms. The monoisotopic (exact) mass is 534 g/mol. The molecule has 3 rings (SSSR count). The molecule has 0 spiro atoms. The number of ether oxygens (including phenoxy) is 1. The van der Waals surface area contributed by atoms with Crippen molar-refractivity contribution in [2.45, 2.75) is 50.7 Å². The summed E-state index contributed by atoms with van der Waals surface area (Å²) in [5.41, 5.74) is 0.112. The summed E-state index contributed by atoms with van der Waals surface area (Å²) in [6.07, 6.45) is -4.08. The van der Waals surface area contributed by atoms with Crippen LogP contribution in [0.3, 0.4) is 0 Å². The Morgan fingerprint density at radius 1 is 1.17 bits per heavy atom. The number of alkyl halides is 3. The fourth-order valence-electron chi connectivity index (χ4n) is 4.64. The molecular formula is C25H28Cl2F4N2O2. The van der Waals surface area contributed by atoms with E-state index in [2.05, 4.69) is 4.90 Å². The standard InChI is InChI=1S/C25H28Cl2F4N2O2/c1-15(34)4-9-24(35-3)33-13-18(17-6-8-20(26)21(27)11-17)23(14-33)32(2)12-16-5-7-19(22(28)10-16)25(29,30)31/h5-8,10-11,18,23-24H,4,9,12-14H2,1-3H3/t18-,23+,24?/m1/s1. The fraction of sp³-hybridized carbons (Fsp3) is 0.480. The van der Waals surface area contributed by atoms with Crippen molar-refractivity contribution in [1.29, 1.82) is 0 Å². The lowest BCUT2D eigenvalue weighted by atomic mass is 9.93. The minimum absolute atomic E-state index is 0.0240. The maximum atomic E-state index is 14.1. The maximum Gasteiger partial charge on any atom is 0.419 e. The van der Waals surface area contributed by atoms with E-state index in [-0.39, 0.29) is 30.5 Å². The molecule has 0 radical (unpaired) electrons. The Bertz CT molecular complexity index is 1050. The normalized spacial score (nSPS) is 19.9. The Labute approximate surface area is 212 Å². The van der Waals surface area contributed by atoms with E-state index in [0.29, 0.717) is 41.5 Å². The number of carbonyl (C=O) groups is 1. The van der Waals surface area contributed by atoms with E-state index in [4.69, 9.17) is 27.9 Å². The summed E-state index contributed by atoms with van der Waals surface area (Å²) in [7, 11) is 3.45. The minimum atomic E-state index is -4.74. The summed E-state index contributed by atoms with van der Waals surface area (Å²) < 4.78 is 58.6. The SMILES string of the molecule is COC(CCC(C)=O)N1C[C@H](c2ccc(Cl)c(Cl)c2)[C@@H](N(C)Cc2ccc(C(F)(F)F)c(F)c2)C1. The highest BCUT2D eigenvalue weighted by Gasteiger charge is 2.39. The average Bonchev–Trinajstić information content (AvgIpc) is 3.20. The molecule has 3 atom stereocenters. The summed E-state index contributed by atoms with van der Waals surface area (Å²) in [6.45, 7) is 2.98. The van der Waals surface area contributed by atoms with Gasteiger partial charge in [-0.1, -0.05) is 35.3 Å². The van der Waals surface area contributed by atoms with Gasteiger partial charge in [-0.3, -0.25) is 9.80 Å². The molecule has 192 valence electrons. The lowest BCUT2D eigenvalue weighted by Gasteiger charge is -2.30. The number of Topliss-reactive ketones (excluding diaryl/α,β-unsaturated/α-hetero) is 1. The number of hydrogen-bond acceptors (Lipinski definition) is 4. The van der Waals surface area contributed by atoms with Crippen LogP contribution in [-0.4, -0.2) is 55.1 Å². The lowest BCUT2D eigenvalue weighted by Crippen LogP contribution is -2.40. The van der Waals surface area contributed by atoms with Gasteiger partial charge in [0.15, 0.2) is 0 Å². The number of benzene rings is 2. The van der Waals surface area contributed by atoms with Crippen LogP contribution in [0.5, 0.6) is 0 Å². The number of nitrogens with zero attached hydrogens (tertiary/aromatic N) is 2. The zero-order valence-electron chi connectivity index (χ0n) is 19.7. The average molecular weight is 535 g/mol. The predicted octanol–water partition coefficient (Wildman–Crippen LogP) is 6.39. The van der Waals surface area contributed by atoms with Crippen molar-refractivity contribution in [3.63, 3.8) is 0 Å². The third-order valence-corrected chi connectivity index (χ3v) is 7.19. The van der Waals surface area contributed by atoms with E-state index in [9.17, 15) is 22.4 Å². The van der Waals surface area contributed by atoms with Crippen LogP contribution in [0.15, 0.2) is 36.4 Å². The molecule has 1 saturated heterocycles. The van der Waals surface area contributed by atoms with Crippen molar-refractivity contribution >= 4 is 29.0 Å². The fourth-order valence-corrected chi connectivity index (χ4v) is 4.94. The molecule has 1 aliphatic rings. The number of halogens is 6. The Morgan fingerprint density at radius 3 is 2.46 bits per heavy atom. The molecule has 1 unspecified atom stereocenters. The minimum Gasteiger partial charge on any atom is -0.366 e. The summed E-state index contributed by atoms with van der Waals surface area (Å²) in [4.78, 5) is 15.6. The molecule has 1 heterocycles. The number of likely N-dealkylation sites (N-methyl/N-ethyl adjacent to an activating group) is 1. The zero-order valence-corrected chi connectivity index (χ0v) is 21.2. The van der Waals surface area contributed by atoms with E-state index < -0.39 is 17.6 Å². The van der Waals surface area contributed by atoms with Crippen molar-refractivity contribution in [2.75, 3.05) is 27.2 Å². The predicted molar refractivity (Wildman–Crippen MR) is 128 cm³/mol. The van der Waals surface area contributed by atoms with Crippen molar-refractivity contribution in [3.8, 4) is 0 Å². The van der Waals surface area contributed by atoms with E-state index in [1.165, 1.54) is 13.0 Å². The highest BCUT2D eigenvalue weighted by atomic mass is 35.5. The molecular weight excluding hydrogens is 507 g/mol. The van der Waals surface area contributed by atoms with Crippen LogP contribution in [0.2, 0.25) is 10.0 Å². The number of hydrogen-bond donors (Lipinski definition) is 0. The van der Waals surface area contributed by atoms with Crippen LogP contribution in [0.25, 0.3) is 0 Å². The van der Waals surface area contributed by atoms with Gasteiger partial charge in [0.1, 0.15) is 17.8 Å². The van der Waals surface area contributed by atoms with Gasteiger partial charge >= 0.3 is 6.18 Å². The zero-order chi connectivity index (χ0) is 25.9. The molecule has 0 aliphatic carbocycles. The van der Waals surface area contributed by atoms with Crippen molar-refractivity contribution in [2.24, 2.45) is 0 Å². The van der Waals surface area contributed by atoms with Crippen LogP contribution in [0.4, 0.5) is 17.6 Å². The Kier molecular flexibility index (Phi) is 9.21. The van der Waals surface area contributed by atoms with Crippen molar-refractivity contribution in [3.05, 3.63) is 69.0 Å². The third-order valence-electron chi connectivity index (χ3n) is 6.45. The van der Waals surface area contributed by atoms with Crippen LogP contribution in [0, 0.1) is 5.82 Å². The molecule has 1 aliphatic heterocycles. The first kappa shape index (κ1) is 27.9. The molecule has 2 aromatic carbocycles. The summed E-state index contributed by atoms with van der Waals surface area (Å²) in [5, 5.41) is 0.861. The van der Waals surface area contributed by atoms with Gasteiger partial charge in [0.2, 0.25) is 0 Å². The second-order valence-electron chi connectivity index (χ2n) is 8.96. The number of ketones is 1. The highest BCUT2D eigenvalue weighted by Crippen LogP contribution is 2.36. The van der Waals surface area contributed by atoms with Crippen molar-refractivity contribution in [1.82, 2.24) is 9.80 Å². The van der Waals surface area contributed by atoms with Crippen LogP contribution in [0.1, 0.15) is 42.4 Å². The van der Waals surface area contributed by atoms with Crippen LogP contribution >= 0.6 is 23.2 Å². The van der Waals surface area contributed by atoms with Gasteiger partial charge < -0.3 is 9.53 Å². The molecule has 0 amide bonds. The number of rotatable bonds is 9. The van der Waals surface area contributed by atoms with Gasteiger partial charge in [0.05, 0.1) is 15.6 Å². The summed E-state index contributed by atoms with van der Waals surface area (Å²) in [5.74, 6) is -1.24. The Balaban J connectivity index is 1.85. The molecule has 1 fully saturated rings. The number of carbonyl (C=O) groups excluding carboxylic acids is 1. The largest absolute Gasteiger partial charge is 0.419 e. The number of likely N-dealkylation sites (tertiary alicyclic amines) is 1. The molecule has 0 aromatic heterocycles. The van der Waals surface area contributed by atoms with E-state index in [0.717, 1.165) is 17.7 Å². The Morgan fingerprint density at radius 2 is 1.89 bits per heavy atom. The smallest absolute Gasteiger partial charge is 0.366 e. The maximum absolute atomic E-state index is 14.1. The van der Waals surface area contributed by atoms with Crippen LogP contribution < -0.4 is 0 Å². The molecule has 10 heteroatoms. The van der Waals surface area contributed by atoms with Crippen molar-refractivity contribution < 1.29 is 27.1 Å². The first-order valence-corrected chi connectivity index (χ1v) is 11.9. The van der Waals surface area contributed by atoms with E-state index in [1.54, 1.807) is 13.2 Å². The second kappa shape index (κ2) is 11.6. The summed E-state index contributed by atoms with van der Waals surface area (Å²) in [6, 6.07) is 8.38. The second-order valence-corrected chi connectivity index (χ2v) is 9.77. The molecule has 0 N–H and O–H groups in total. The van der Waals surface area contributed by atoms with Gasteiger partial charge in [-0.15, -0.1) is 0 Å². The van der Waals surface area contributed by atoms with E-state index >= 15 is 0 Å². The van der Waals surface area contributed by atoms with Crippen LogP contribution in [-0.2, 0) is 22.3 Å². The third kappa shape index (κ3) is 6.95. The molecule has 2 aromatic rings. The summed E-state index contributed by atoms with van der Waals surface area (Å²) >= 11 is 12.4. The van der Waals surface area contributed by atoms with Gasteiger partial charge in [-0.25, -0.2) is 4.39 Å². The first-order valence-electron chi connectivity index (χ1n) is 11.2. The van der Waals surface area contributed by atoms with Gasteiger partial charge in [-0.05, 0) is 55.8 Å². The van der Waals surface area contributed by atoms with Gasteiger partial charge in [0, 0.05) is 45.1 Å². The molecule has 0 saturated carbocycles.